The Labute approximate surface area is 63.3 Å². The third-order valence-corrected chi connectivity index (χ3v) is 3.62. The van der Waals surface area contributed by atoms with E-state index in [2.05, 4.69) is 26.0 Å². The van der Waals surface area contributed by atoms with E-state index in [0.717, 1.165) is 23.7 Å². The Morgan fingerprint density at radius 2 is 1.30 bits per heavy atom. The Morgan fingerprint density at radius 3 is 1.50 bits per heavy atom. The molecule has 3 aliphatic carbocycles. The molecule has 2 unspecified atom stereocenters. The fourth-order valence-electron chi connectivity index (χ4n) is 2.52. The third-order valence-electron chi connectivity index (χ3n) is 3.62. The molecule has 1 saturated carbocycles. The average Bonchev–Trinajstić information content (AvgIpc) is 2.00. The van der Waals surface area contributed by atoms with Crippen LogP contribution in [0.15, 0.2) is 12.2 Å². The highest BCUT2D eigenvalue weighted by Gasteiger charge is 2.34. The first-order chi connectivity index (χ1) is 4.79. The van der Waals surface area contributed by atoms with Crippen LogP contribution in [0.2, 0.25) is 0 Å². The van der Waals surface area contributed by atoms with Crippen molar-refractivity contribution < 1.29 is 0 Å². The van der Waals surface area contributed by atoms with Crippen LogP contribution < -0.4 is 0 Å². The summed E-state index contributed by atoms with van der Waals surface area (Å²) < 4.78 is 0. The number of allylic oxidation sites excluding steroid dienone is 2. The first kappa shape index (κ1) is 6.45. The predicted molar refractivity (Wildman–Crippen MR) is 43.7 cm³/mol. The molecule has 0 aromatic rings. The summed E-state index contributed by atoms with van der Waals surface area (Å²) in [4.78, 5) is 0. The Kier molecular flexibility index (Phi) is 1.36. The van der Waals surface area contributed by atoms with Crippen molar-refractivity contribution in [3.05, 3.63) is 12.2 Å². The molecule has 4 atom stereocenters. The molecule has 3 aliphatic rings. The summed E-state index contributed by atoms with van der Waals surface area (Å²) in [7, 11) is 0. The molecule has 0 heterocycles. The van der Waals surface area contributed by atoms with Crippen LogP contribution in [0.1, 0.15) is 26.7 Å². The van der Waals surface area contributed by atoms with Crippen molar-refractivity contribution >= 4 is 0 Å². The summed E-state index contributed by atoms with van der Waals surface area (Å²) in [5, 5.41) is 0. The number of hydrogen-bond acceptors (Lipinski definition) is 0. The standard InChI is InChI=1S/C10H16/c1-7-8(2)10-5-3-9(7)4-6-10/h3,5,7-10H,4,6H2,1-2H3/t7-,8-,9?,10?/m1/s1. The maximum Gasteiger partial charge on any atom is -0.0205 e. The lowest BCUT2D eigenvalue weighted by atomic mass is 9.64. The van der Waals surface area contributed by atoms with Crippen molar-refractivity contribution in [2.24, 2.45) is 23.7 Å². The molecule has 56 valence electrons. The van der Waals surface area contributed by atoms with Crippen molar-refractivity contribution in [3.63, 3.8) is 0 Å². The van der Waals surface area contributed by atoms with Gasteiger partial charge in [-0.3, -0.25) is 0 Å². The minimum absolute atomic E-state index is 0.917. The van der Waals surface area contributed by atoms with Crippen molar-refractivity contribution in [1.29, 1.82) is 0 Å². The van der Waals surface area contributed by atoms with Crippen LogP contribution >= 0.6 is 0 Å². The zero-order valence-electron chi connectivity index (χ0n) is 6.88. The van der Waals surface area contributed by atoms with Gasteiger partial charge < -0.3 is 0 Å². The van der Waals surface area contributed by atoms with Gasteiger partial charge in [-0.25, -0.2) is 0 Å². The maximum atomic E-state index is 2.44. The Morgan fingerprint density at radius 1 is 0.900 bits per heavy atom. The van der Waals surface area contributed by atoms with Crippen LogP contribution in [0.25, 0.3) is 0 Å². The van der Waals surface area contributed by atoms with Crippen molar-refractivity contribution in [2.45, 2.75) is 26.7 Å². The Bertz CT molecular complexity index is 139. The van der Waals surface area contributed by atoms with Gasteiger partial charge in [0.2, 0.25) is 0 Å². The van der Waals surface area contributed by atoms with E-state index in [1.807, 2.05) is 0 Å². The summed E-state index contributed by atoms with van der Waals surface area (Å²) in [6, 6.07) is 0. The van der Waals surface area contributed by atoms with Crippen LogP contribution in [-0.4, -0.2) is 0 Å². The van der Waals surface area contributed by atoms with Crippen LogP contribution in [0, 0.1) is 23.7 Å². The smallest absolute Gasteiger partial charge is 0.0205 e. The molecular weight excluding hydrogens is 120 g/mol. The molecule has 0 spiro atoms. The molecule has 2 bridgehead atoms. The minimum atomic E-state index is 0.917. The Hall–Kier alpha value is -0.260. The topological polar surface area (TPSA) is 0 Å². The van der Waals surface area contributed by atoms with E-state index in [9.17, 15) is 0 Å². The monoisotopic (exact) mass is 136 g/mol. The first-order valence-electron chi connectivity index (χ1n) is 4.47. The second-order valence-electron chi connectivity index (χ2n) is 4.01. The maximum absolute atomic E-state index is 2.44. The molecule has 0 radical (unpaired) electrons. The molecule has 0 aromatic heterocycles. The SMILES string of the molecule is C[C@H]1C2C=CC(CC2)[C@@H]1C. The highest BCUT2D eigenvalue weighted by atomic mass is 14.4. The lowest BCUT2D eigenvalue weighted by Crippen LogP contribution is -2.33. The second kappa shape index (κ2) is 2.11. The highest BCUT2D eigenvalue weighted by Crippen LogP contribution is 2.43. The summed E-state index contributed by atoms with van der Waals surface area (Å²) in [6.07, 6.45) is 7.79. The average molecular weight is 136 g/mol. The van der Waals surface area contributed by atoms with Gasteiger partial charge in [-0.05, 0) is 36.5 Å². The third kappa shape index (κ3) is 0.744. The van der Waals surface area contributed by atoms with Gasteiger partial charge in [0.25, 0.3) is 0 Å². The molecule has 0 aliphatic heterocycles. The van der Waals surface area contributed by atoms with Gasteiger partial charge in [-0.2, -0.15) is 0 Å². The van der Waals surface area contributed by atoms with Crippen molar-refractivity contribution in [3.8, 4) is 0 Å². The lowest BCUT2D eigenvalue weighted by Gasteiger charge is -2.41. The normalized spacial score (nSPS) is 51.8. The second-order valence-corrected chi connectivity index (χ2v) is 4.01. The summed E-state index contributed by atoms with van der Waals surface area (Å²) in [5.41, 5.74) is 0. The fraction of sp³-hybridized carbons (Fsp3) is 0.800. The lowest BCUT2D eigenvalue weighted by molar-refractivity contribution is 0.152. The molecular formula is C10H16. The zero-order valence-corrected chi connectivity index (χ0v) is 6.88. The fourth-order valence-corrected chi connectivity index (χ4v) is 2.52. The van der Waals surface area contributed by atoms with Crippen molar-refractivity contribution in [2.75, 3.05) is 0 Å². The van der Waals surface area contributed by atoms with Gasteiger partial charge in [0.15, 0.2) is 0 Å². The molecule has 0 aromatic carbocycles. The molecule has 10 heavy (non-hydrogen) atoms. The predicted octanol–water partition coefficient (Wildman–Crippen LogP) is 2.85. The van der Waals surface area contributed by atoms with E-state index in [1.165, 1.54) is 12.8 Å². The molecule has 3 rings (SSSR count). The van der Waals surface area contributed by atoms with Crippen molar-refractivity contribution in [1.82, 2.24) is 0 Å². The van der Waals surface area contributed by atoms with Crippen LogP contribution in [-0.2, 0) is 0 Å². The quantitative estimate of drug-likeness (QED) is 0.449. The van der Waals surface area contributed by atoms with Gasteiger partial charge in [-0.1, -0.05) is 26.0 Å². The van der Waals surface area contributed by atoms with Gasteiger partial charge in [0.1, 0.15) is 0 Å². The number of fused-ring (bicyclic) bond motifs is 2. The van der Waals surface area contributed by atoms with E-state index in [1.54, 1.807) is 0 Å². The minimum Gasteiger partial charge on any atom is -0.0849 e. The molecule has 0 N–H and O–H groups in total. The van der Waals surface area contributed by atoms with Gasteiger partial charge in [0.05, 0.1) is 0 Å². The van der Waals surface area contributed by atoms with Gasteiger partial charge >= 0.3 is 0 Å². The molecule has 0 heteroatoms. The number of rotatable bonds is 0. The van der Waals surface area contributed by atoms with Crippen LogP contribution in [0.5, 0.6) is 0 Å². The molecule has 0 saturated heterocycles. The molecule has 0 amide bonds. The van der Waals surface area contributed by atoms with E-state index >= 15 is 0 Å². The first-order valence-corrected chi connectivity index (χ1v) is 4.47. The van der Waals surface area contributed by atoms with E-state index < -0.39 is 0 Å². The largest absolute Gasteiger partial charge is 0.0849 e. The van der Waals surface area contributed by atoms with E-state index in [0.29, 0.717) is 0 Å². The summed E-state index contributed by atoms with van der Waals surface area (Å²) in [5.74, 6) is 3.73. The highest BCUT2D eigenvalue weighted by molar-refractivity contribution is 5.07. The Balaban J connectivity index is 2.25. The van der Waals surface area contributed by atoms with Crippen LogP contribution in [0.4, 0.5) is 0 Å². The number of hydrogen-bond donors (Lipinski definition) is 0. The van der Waals surface area contributed by atoms with Gasteiger partial charge in [-0.15, -0.1) is 0 Å². The molecule has 0 nitrogen and oxygen atoms in total. The van der Waals surface area contributed by atoms with Crippen LogP contribution in [0.3, 0.4) is 0 Å². The summed E-state index contributed by atoms with van der Waals surface area (Å²) in [6.45, 7) is 4.82. The van der Waals surface area contributed by atoms with Gasteiger partial charge in [0, 0.05) is 0 Å². The molecule has 1 fully saturated rings. The zero-order chi connectivity index (χ0) is 7.14. The summed E-state index contributed by atoms with van der Waals surface area (Å²) >= 11 is 0. The van der Waals surface area contributed by atoms with E-state index in [-0.39, 0.29) is 0 Å². The van der Waals surface area contributed by atoms with E-state index in [4.69, 9.17) is 0 Å².